The molecular weight excluding hydrogens is 202 g/mol. The highest BCUT2D eigenvalue weighted by Crippen LogP contribution is 2.18. The van der Waals surface area contributed by atoms with Gasteiger partial charge in [0.05, 0.1) is 7.11 Å². The minimum Gasteiger partial charge on any atom is -0.481 e. The second-order valence-corrected chi connectivity index (χ2v) is 4.34. The van der Waals surface area contributed by atoms with Crippen molar-refractivity contribution in [2.75, 3.05) is 7.11 Å². The van der Waals surface area contributed by atoms with Crippen LogP contribution in [0.5, 0.6) is 5.88 Å². The van der Waals surface area contributed by atoms with Crippen LogP contribution in [0.3, 0.4) is 0 Å². The maximum absolute atomic E-state index is 11.5. The van der Waals surface area contributed by atoms with E-state index >= 15 is 0 Å². The molecule has 3 heteroatoms. The average molecular weight is 221 g/mol. The van der Waals surface area contributed by atoms with Crippen molar-refractivity contribution < 1.29 is 9.53 Å². The Balaban J connectivity index is 2.81. The number of ether oxygens (including phenoxy) is 1. The lowest BCUT2D eigenvalue weighted by Crippen LogP contribution is -2.20. The molecule has 0 spiro atoms. The minimum absolute atomic E-state index is 0.0413. The summed E-state index contributed by atoms with van der Waals surface area (Å²) in [6, 6.07) is 5.64. The molecule has 1 unspecified atom stereocenters. The van der Waals surface area contributed by atoms with E-state index in [0.717, 1.165) is 5.69 Å². The summed E-state index contributed by atoms with van der Waals surface area (Å²) >= 11 is 0. The topological polar surface area (TPSA) is 39.2 Å². The quantitative estimate of drug-likeness (QED) is 0.766. The number of pyridine rings is 1. The predicted octanol–water partition coefficient (Wildman–Crippen LogP) is 2.49. The SMILES string of the molecule is COc1cccc(CC(C(C)=O)C(C)C)n1. The van der Waals surface area contributed by atoms with Crippen LogP contribution in [0.4, 0.5) is 0 Å². The van der Waals surface area contributed by atoms with Gasteiger partial charge in [-0.05, 0) is 25.3 Å². The van der Waals surface area contributed by atoms with Crippen molar-refractivity contribution in [2.24, 2.45) is 11.8 Å². The van der Waals surface area contributed by atoms with Crippen molar-refractivity contribution >= 4 is 5.78 Å². The Morgan fingerprint density at radius 3 is 2.62 bits per heavy atom. The summed E-state index contributed by atoms with van der Waals surface area (Å²) in [7, 11) is 1.59. The summed E-state index contributed by atoms with van der Waals surface area (Å²) in [4.78, 5) is 15.8. The first-order valence-electron chi connectivity index (χ1n) is 5.55. The molecule has 0 radical (unpaired) electrons. The molecule has 1 aromatic rings. The number of carbonyl (C=O) groups excluding carboxylic acids is 1. The lowest BCUT2D eigenvalue weighted by atomic mass is 9.88. The third-order valence-corrected chi connectivity index (χ3v) is 2.75. The highest BCUT2D eigenvalue weighted by atomic mass is 16.5. The molecule has 88 valence electrons. The normalized spacial score (nSPS) is 12.6. The Kier molecular flexibility index (Phi) is 4.47. The molecule has 0 aromatic carbocycles. The molecule has 0 saturated carbocycles. The van der Waals surface area contributed by atoms with Crippen LogP contribution in [0, 0.1) is 11.8 Å². The molecule has 1 aromatic heterocycles. The summed E-state index contributed by atoms with van der Waals surface area (Å²) in [6.45, 7) is 5.77. The van der Waals surface area contributed by atoms with Gasteiger partial charge in [0, 0.05) is 17.7 Å². The van der Waals surface area contributed by atoms with Gasteiger partial charge in [-0.2, -0.15) is 0 Å². The number of Topliss-reactive ketones (excluding diaryl/α,β-unsaturated/α-hetero) is 1. The van der Waals surface area contributed by atoms with Gasteiger partial charge in [-0.15, -0.1) is 0 Å². The number of rotatable bonds is 5. The summed E-state index contributed by atoms with van der Waals surface area (Å²) < 4.78 is 5.06. The van der Waals surface area contributed by atoms with Crippen molar-refractivity contribution in [1.82, 2.24) is 4.98 Å². The molecule has 0 fully saturated rings. The maximum atomic E-state index is 11.5. The largest absolute Gasteiger partial charge is 0.481 e. The number of ketones is 1. The summed E-state index contributed by atoms with van der Waals surface area (Å²) in [6.07, 6.45) is 0.685. The molecule has 1 atom stereocenters. The van der Waals surface area contributed by atoms with Crippen LogP contribution in [0.15, 0.2) is 18.2 Å². The van der Waals surface area contributed by atoms with Gasteiger partial charge in [0.25, 0.3) is 0 Å². The number of methoxy groups -OCH3 is 1. The zero-order chi connectivity index (χ0) is 12.1. The number of nitrogens with zero attached hydrogens (tertiary/aromatic N) is 1. The van der Waals surface area contributed by atoms with Crippen molar-refractivity contribution in [2.45, 2.75) is 27.2 Å². The lowest BCUT2D eigenvalue weighted by Gasteiger charge is -2.17. The van der Waals surface area contributed by atoms with E-state index in [1.807, 2.05) is 18.2 Å². The first-order chi connectivity index (χ1) is 7.54. The molecule has 1 heterocycles. The van der Waals surface area contributed by atoms with Gasteiger partial charge in [0.1, 0.15) is 5.78 Å². The molecule has 1 rings (SSSR count). The smallest absolute Gasteiger partial charge is 0.213 e. The van der Waals surface area contributed by atoms with Gasteiger partial charge in [0.2, 0.25) is 5.88 Å². The Hall–Kier alpha value is -1.38. The number of carbonyl (C=O) groups is 1. The van der Waals surface area contributed by atoms with Crippen LogP contribution in [0.2, 0.25) is 0 Å². The highest BCUT2D eigenvalue weighted by Gasteiger charge is 2.19. The van der Waals surface area contributed by atoms with E-state index in [1.165, 1.54) is 0 Å². The van der Waals surface area contributed by atoms with Gasteiger partial charge >= 0.3 is 0 Å². The van der Waals surface area contributed by atoms with E-state index in [-0.39, 0.29) is 11.7 Å². The fourth-order valence-corrected chi connectivity index (χ4v) is 1.76. The monoisotopic (exact) mass is 221 g/mol. The average Bonchev–Trinajstić information content (AvgIpc) is 2.25. The summed E-state index contributed by atoms with van der Waals surface area (Å²) in [5.74, 6) is 1.20. The first-order valence-corrected chi connectivity index (χ1v) is 5.55. The van der Waals surface area contributed by atoms with Crippen molar-refractivity contribution in [1.29, 1.82) is 0 Å². The molecule has 0 saturated heterocycles. The Morgan fingerprint density at radius 2 is 2.12 bits per heavy atom. The molecule has 0 aliphatic carbocycles. The molecule has 16 heavy (non-hydrogen) atoms. The predicted molar refractivity (Wildman–Crippen MR) is 63.5 cm³/mol. The van der Waals surface area contributed by atoms with Crippen LogP contribution < -0.4 is 4.74 Å². The van der Waals surface area contributed by atoms with E-state index in [4.69, 9.17) is 4.74 Å². The Morgan fingerprint density at radius 1 is 1.44 bits per heavy atom. The van der Waals surface area contributed by atoms with Gasteiger partial charge in [0.15, 0.2) is 0 Å². The third-order valence-electron chi connectivity index (χ3n) is 2.75. The number of hydrogen-bond acceptors (Lipinski definition) is 3. The Labute approximate surface area is 96.8 Å². The second kappa shape index (κ2) is 5.64. The van der Waals surface area contributed by atoms with Gasteiger partial charge in [-0.3, -0.25) is 4.79 Å². The van der Waals surface area contributed by atoms with Gasteiger partial charge < -0.3 is 4.74 Å². The fraction of sp³-hybridized carbons (Fsp3) is 0.538. The van der Waals surface area contributed by atoms with E-state index in [1.54, 1.807) is 14.0 Å². The molecule has 0 amide bonds. The fourth-order valence-electron chi connectivity index (χ4n) is 1.76. The van der Waals surface area contributed by atoms with Crippen LogP contribution in [0.25, 0.3) is 0 Å². The Bertz CT molecular complexity index is 361. The van der Waals surface area contributed by atoms with E-state index in [0.29, 0.717) is 18.2 Å². The highest BCUT2D eigenvalue weighted by molar-refractivity contribution is 5.78. The van der Waals surface area contributed by atoms with Crippen molar-refractivity contribution in [3.05, 3.63) is 23.9 Å². The van der Waals surface area contributed by atoms with E-state index in [2.05, 4.69) is 18.8 Å². The molecule has 3 nitrogen and oxygen atoms in total. The van der Waals surface area contributed by atoms with E-state index < -0.39 is 0 Å². The van der Waals surface area contributed by atoms with Crippen LogP contribution >= 0.6 is 0 Å². The van der Waals surface area contributed by atoms with Gasteiger partial charge in [-0.1, -0.05) is 19.9 Å². The van der Waals surface area contributed by atoms with Crippen LogP contribution in [-0.2, 0) is 11.2 Å². The number of hydrogen-bond donors (Lipinski definition) is 0. The van der Waals surface area contributed by atoms with Crippen LogP contribution in [0.1, 0.15) is 26.5 Å². The molecule has 0 N–H and O–H groups in total. The lowest BCUT2D eigenvalue weighted by molar-refractivity contribution is -0.121. The third kappa shape index (κ3) is 3.33. The van der Waals surface area contributed by atoms with Crippen LogP contribution in [-0.4, -0.2) is 17.9 Å². The number of aromatic nitrogens is 1. The molecule has 0 bridgehead atoms. The summed E-state index contributed by atoms with van der Waals surface area (Å²) in [5.41, 5.74) is 0.910. The van der Waals surface area contributed by atoms with Gasteiger partial charge in [-0.25, -0.2) is 4.98 Å². The molecule has 0 aliphatic heterocycles. The maximum Gasteiger partial charge on any atom is 0.213 e. The molecule has 0 aliphatic rings. The summed E-state index contributed by atoms with van der Waals surface area (Å²) in [5, 5.41) is 0. The van der Waals surface area contributed by atoms with E-state index in [9.17, 15) is 4.79 Å². The first kappa shape index (κ1) is 12.7. The zero-order valence-electron chi connectivity index (χ0n) is 10.4. The second-order valence-electron chi connectivity index (χ2n) is 4.34. The standard InChI is InChI=1S/C13H19NO2/c1-9(2)12(10(3)15)8-11-6-5-7-13(14-11)16-4/h5-7,9,12H,8H2,1-4H3. The van der Waals surface area contributed by atoms with Crippen molar-refractivity contribution in [3.63, 3.8) is 0 Å². The zero-order valence-corrected chi connectivity index (χ0v) is 10.4. The molecular formula is C13H19NO2. The minimum atomic E-state index is 0.0413. The van der Waals surface area contributed by atoms with Crippen molar-refractivity contribution in [3.8, 4) is 5.88 Å².